The first-order valence-electron chi connectivity index (χ1n) is 12.6. The molecule has 1 aliphatic rings. The molecule has 20 heteroatoms. The van der Waals surface area contributed by atoms with Crippen LogP contribution >= 0.6 is 0 Å². The number of hydrogen-bond donors (Lipinski definition) is 2. The Morgan fingerprint density at radius 3 is 1.17 bits per heavy atom. The molecule has 0 saturated heterocycles. The van der Waals surface area contributed by atoms with Gasteiger partial charge in [-0.15, -0.1) is 0 Å². The molecule has 0 amide bonds. The number of fused-ring (bicyclic) bond motifs is 1. The summed E-state index contributed by atoms with van der Waals surface area (Å²) in [5.41, 5.74) is -16.0. The summed E-state index contributed by atoms with van der Waals surface area (Å²) in [6.45, 7) is 1.62. The van der Waals surface area contributed by atoms with E-state index in [1.807, 2.05) is 0 Å². The van der Waals surface area contributed by atoms with Crippen LogP contribution in [0.15, 0.2) is 11.1 Å². The molecule has 0 aliphatic carbocycles. The fourth-order valence-electron chi connectivity index (χ4n) is 5.20. The number of hydrogen-bond acceptors (Lipinski definition) is 4. The molecule has 0 spiro atoms. The van der Waals surface area contributed by atoms with E-state index in [2.05, 4.69) is 4.99 Å². The van der Waals surface area contributed by atoms with E-state index >= 15 is 26.3 Å². The van der Waals surface area contributed by atoms with E-state index in [1.54, 1.807) is 0 Å². The van der Waals surface area contributed by atoms with Crippen LogP contribution in [0.3, 0.4) is 0 Å². The second-order valence-electron chi connectivity index (χ2n) is 10.1. The Bertz CT molecular complexity index is 2160. The third kappa shape index (κ3) is 4.75. The Hall–Kier alpha value is -4.56. The summed E-state index contributed by atoms with van der Waals surface area (Å²) in [6, 6.07) is 0.137. The van der Waals surface area contributed by atoms with Gasteiger partial charge >= 0.3 is 7.32 Å². The van der Waals surface area contributed by atoms with Crippen LogP contribution in [0, 0.1) is 87.3 Å². The lowest BCUT2D eigenvalue weighted by atomic mass is 9.83. The molecule has 0 radical (unpaired) electrons. The van der Waals surface area contributed by atoms with E-state index in [0.29, 0.717) is 0 Å². The lowest BCUT2D eigenvalue weighted by Gasteiger charge is -2.24. The zero-order chi connectivity index (χ0) is 36.1. The second-order valence-corrected chi connectivity index (χ2v) is 10.1. The Kier molecular flexibility index (Phi) is 8.37. The van der Waals surface area contributed by atoms with Crippen molar-refractivity contribution in [3.8, 4) is 33.4 Å². The molecule has 1 atom stereocenters. The molecule has 4 aromatic carbocycles. The summed E-state index contributed by atoms with van der Waals surface area (Å²) in [5.74, 6) is -42.9. The van der Waals surface area contributed by atoms with Gasteiger partial charge in [0.15, 0.2) is 75.5 Å². The van der Waals surface area contributed by atoms with Crippen molar-refractivity contribution in [1.29, 1.82) is 0 Å². The van der Waals surface area contributed by atoms with E-state index in [-0.39, 0.29) is 6.07 Å². The molecule has 1 aliphatic heterocycles. The largest absolute Gasteiger partial charge is 0.635 e. The maximum absolute atomic E-state index is 15.5. The molecule has 0 saturated carbocycles. The minimum atomic E-state index is -2.93. The molecular weight excluding hydrogens is 694 g/mol. The van der Waals surface area contributed by atoms with Gasteiger partial charge in [-0.1, -0.05) is 0 Å². The Balaban J connectivity index is 2.26. The van der Waals surface area contributed by atoms with E-state index in [0.717, 1.165) is 13.8 Å². The maximum atomic E-state index is 15.5. The van der Waals surface area contributed by atoms with Gasteiger partial charge in [-0.05, 0) is 31.1 Å². The summed E-state index contributed by atoms with van der Waals surface area (Å²) >= 11 is 0. The highest BCUT2D eigenvalue weighted by Crippen LogP contribution is 2.46. The topological polar surface area (TPSA) is 62.0 Å². The number of halogens is 15. The fraction of sp³-hybridized carbons (Fsp3) is 0.107. The molecule has 48 heavy (non-hydrogen) atoms. The summed E-state index contributed by atoms with van der Waals surface area (Å²) in [7, 11) is -2.80. The molecule has 1 unspecified atom stereocenters. The van der Waals surface area contributed by atoms with Crippen LogP contribution in [-0.2, 0) is 4.65 Å². The van der Waals surface area contributed by atoms with E-state index in [1.165, 1.54) is 0 Å². The molecule has 1 heterocycles. The molecule has 0 bridgehead atoms. The van der Waals surface area contributed by atoms with Crippen molar-refractivity contribution in [2.45, 2.75) is 19.6 Å². The zero-order valence-electron chi connectivity index (χ0n) is 23.1. The molecule has 4 aromatic rings. The minimum Gasteiger partial charge on any atom is -0.402 e. The Labute approximate surface area is 255 Å². The van der Waals surface area contributed by atoms with E-state index in [4.69, 9.17) is 4.65 Å². The minimum absolute atomic E-state index is 0.137. The number of benzene rings is 4. The van der Waals surface area contributed by atoms with Crippen LogP contribution in [0.2, 0.25) is 0 Å². The van der Waals surface area contributed by atoms with E-state index < -0.39 is 150 Å². The highest BCUT2D eigenvalue weighted by atomic mass is 19.2. The third-order valence-electron chi connectivity index (χ3n) is 7.44. The van der Waals surface area contributed by atoms with Crippen molar-refractivity contribution in [1.82, 2.24) is 0 Å². The number of nitrogens with zero attached hydrogens (tertiary/aromatic N) is 1. The van der Waals surface area contributed by atoms with Gasteiger partial charge in [-0.3, -0.25) is 0 Å². The van der Waals surface area contributed by atoms with Crippen LogP contribution in [0.1, 0.15) is 13.8 Å². The second kappa shape index (κ2) is 11.6. The Morgan fingerprint density at radius 1 is 0.500 bits per heavy atom. The van der Waals surface area contributed by atoms with Crippen molar-refractivity contribution in [3.05, 3.63) is 104 Å². The lowest BCUT2D eigenvalue weighted by Crippen LogP contribution is -2.35. The standard InChI is InChI=1S/C28H9BF15NO3/c1-4-7-6(45-28(4,2)48-29(46)47)3-5(9-13(30)19(36)25(42)20(37)14(9)31)8(11-15(32)21(38)26(43)22(39)16(11)33)10(7)12-17(34)23(40)27(44)24(41)18(12)35/h3,46-47H,1-2H3. The van der Waals surface area contributed by atoms with Crippen molar-refractivity contribution in [2.75, 3.05) is 0 Å². The SMILES string of the molecule is CC1=c2c(-c3c(F)c(F)c(F)c(F)c3F)c(-c3c(F)c(F)c(F)c(F)c3F)c(-c3c(F)c(F)c(F)c(F)c3F)cc2=NC1(C)OB(O)O. The van der Waals surface area contributed by atoms with Crippen molar-refractivity contribution >= 4 is 12.9 Å². The van der Waals surface area contributed by atoms with Gasteiger partial charge in [0.05, 0.1) is 22.0 Å². The van der Waals surface area contributed by atoms with Crippen LogP contribution in [0.4, 0.5) is 65.9 Å². The van der Waals surface area contributed by atoms with Crippen molar-refractivity contribution < 1.29 is 80.6 Å². The van der Waals surface area contributed by atoms with Gasteiger partial charge in [0.1, 0.15) is 0 Å². The summed E-state index contributed by atoms with van der Waals surface area (Å²) in [5, 5.41) is 16.7. The van der Waals surface area contributed by atoms with E-state index in [9.17, 15) is 49.6 Å². The fourth-order valence-corrected chi connectivity index (χ4v) is 5.20. The number of rotatable bonds is 5. The summed E-state index contributed by atoms with van der Waals surface area (Å²) in [6.07, 6.45) is 0. The quantitative estimate of drug-likeness (QED) is 0.111. The van der Waals surface area contributed by atoms with Gasteiger partial charge < -0.3 is 14.7 Å². The van der Waals surface area contributed by atoms with Crippen LogP contribution in [0.5, 0.6) is 0 Å². The molecule has 2 N–H and O–H groups in total. The maximum Gasteiger partial charge on any atom is 0.635 e. The van der Waals surface area contributed by atoms with Gasteiger partial charge in [-0.25, -0.2) is 70.8 Å². The molecule has 5 rings (SSSR count). The summed E-state index contributed by atoms with van der Waals surface area (Å²) in [4.78, 5) is 3.76. The summed E-state index contributed by atoms with van der Waals surface area (Å²) < 4.78 is 227. The Morgan fingerprint density at radius 2 is 0.812 bits per heavy atom. The molecule has 4 nitrogen and oxygen atoms in total. The highest BCUT2D eigenvalue weighted by molar-refractivity contribution is 6.33. The van der Waals surface area contributed by atoms with Gasteiger partial charge in [0, 0.05) is 16.3 Å². The average Bonchev–Trinajstić information content (AvgIpc) is 3.27. The van der Waals surface area contributed by atoms with Crippen LogP contribution in [0.25, 0.3) is 39.0 Å². The predicted molar refractivity (Wildman–Crippen MR) is 132 cm³/mol. The zero-order valence-corrected chi connectivity index (χ0v) is 23.1. The normalized spacial score (nSPS) is 15.7. The molecule has 252 valence electrons. The molecule has 0 aromatic heterocycles. The molecule has 0 fully saturated rings. The first-order valence-corrected chi connectivity index (χ1v) is 12.6. The third-order valence-corrected chi connectivity index (χ3v) is 7.44. The van der Waals surface area contributed by atoms with Crippen molar-refractivity contribution in [3.63, 3.8) is 0 Å². The van der Waals surface area contributed by atoms with Crippen LogP contribution in [-0.4, -0.2) is 23.1 Å². The average molecular weight is 703 g/mol. The van der Waals surface area contributed by atoms with Gasteiger partial charge in [0.2, 0.25) is 17.5 Å². The molecular formula is C28H9BF15NO3. The smallest absolute Gasteiger partial charge is 0.402 e. The monoisotopic (exact) mass is 703 g/mol. The van der Waals surface area contributed by atoms with Crippen molar-refractivity contribution in [2.24, 2.45) is 4.99 Å². The van der Waals surface area contributed by atoms with Gasteiger partial charge in [0.25, 0.3) is 0 Å². The lowest BCUT2D eigenvalue weighted by molar-refractivity contribution is 0.0857. The first kappa shape index (κ1) is 34.8. The highest BCUT2D eigenvalue weighted by Gasteiger charge is 2.41. The predicted octanol–water partition coefficient (Wildman–Crippen LogP) is 6.28. The van der Waals surface area contributed by atoms with Gasteiger partial charge in [-0.2, -0.15) is 0 Å². The van der Waals surface area contributed by atoms with Crippen LogP contribution < -0.4 is 10.6 Å². The first-order chi connectivity index (χ1) is 22.2.